The van der Waals surface area contributed by atoms with Crippen molar-refractivity contribution >= 4 is 5.91 Å². The summed E-state index contributed by atoms with van der Waals surface area (Å²) in [4.78, 5) is 12.7. The molecule has 1 N–H and O–H groups in total. The van der Waals surface area contributed by atoms with E-state index in [-0.39, 0.29) is 5.91 Å². The summed E-state index contributed by atoms with van der Waals surface area (Å²) in [6.45, 7) is 13.2. The quantitative estimate of drug-likeness (QED) is 0.869. The first-order valence-electron chi connectivity index (χ1n) is 8.74. The van der Waals surface area contributed by atoms with Gasteiger partial charge in [-0.1, -0.05) is 45.9 Å². The first-order chi connectivity index (χ1) is 11.3. The van der Waals surface area contributed by atoms with Gasteiger partial charge in [-0.25, -0.2) is 4.68 Å². The molecule has 1 amide bonds. The van der Waals surface area contributed by atoms with Crippen LogP contribution in [0.2, 0.25) is 0 Å². The highest BCUT2D eigenvalue weighted by molar-refractivity contribution is 5.96. The first-order valence-corrected chi connectivity index (χ1v) is 8.74. The van der Waals surface area contributed by atoms with E-state index >= 15 is 0 Å². The number of para-hydroxylation sites is 1. The van der Waals surface area contributed by atoms with Gasteiger partial charge < -0.3 is 5.32 Å². The Morgan fingerprint density at radius 1 is 1.12 bits per heavy atom. The average Bonchev–Trinajstić information content (AvgIpc) is 2.81. The van der Waals surface area contributed by atoms with Gasteiger partial charge in [0.2, 0.25) is 0 Å². The lowest BCUT2D eigenvalue weighted by Gasteiger charge is -2.10. The summed E-state index contributed by atoms with van der Waals surface area (Å²) in [5.74, 6) is 0.854. The Hall–Kier alpha value is -2.10. The van der Waals surface area contributed by atoms with Crippen molar-refractivity contribution in [2.45, 2.75) is 48.0 Å². The van der Waals surface area contributed by atoms with Crippen LogP contribution in [0.5, 0.6) is 0 Å². The van der Waals surface area contributed by atoms with Gasteiger partial charge in [0, 0.05) is 6.54 Å². The van der Waals surface area contributed by atoms with Gasteiger partial charge in [0.15, 0.2) is 0 Å². The van der Waals surface area contributed by atoms with Crippen molar-refractivity contribution < 1.29 is 4.79 Å². The van der Waals surface area contributed by atoms with Gasteiger partial charge in [0.05, 0.1) is 22.6 Å². The molecule has 0 fully saturated rings. The van der Waals surface area contributed by atoms with Crippen molar-refractivity contribution in [2.24, 2.45) is 11.8 Å². The van der Waals surface area contributed by atoms with Crippen molar-refractivity contribution in [3.05, 3.63) is 46.8 Å². The molecule has 2 rings (SSSR count). The van der Waals surface area contributed by atoms with Crippen LogP contribution in [-0.2, 0) is 6.42 Å². The summed E-state index contributed by atoms with van der Waals surface area (Å²) >= 11 is 0. The number of nitrogens with zero attached hydrogens (tertiary/aromatic N) is 2. The van der Waals surface area contributed by atoms with Crippen LogP contribution in [0.15, 0.2) is 24.3 Å². The molecule has 0 aliphatic rings. The molecule has 0 saturated heterocycles. The molecule has 1 aromatic heterocycles. The molecule has 130 valence electrons. The zero-order valence-electron chi connectivity index (χ0n) is 15.7. The third kappa shape index (κ3) is 4.05. The molecule has 0 unspecified atom stereocenters. The topological polar surface area (TPSA) is 46.9 Å². The second-order valence-electron chi connectivity index (χ2n) is 7.31. The Balaban J connectivity index is 2.48. The van der Waals surface area contributed by atoms with E-state index in [0.29, 0.717) is 18.4 Å². The standard InChI is InChI=1S/C20H29N3O/c1-13(2)11-17-19(20(24)21-12-14(3)4)16(6)23(22-17)18-10-8-7-9-15(18)5/h7-10,13-14H,11-12H2,1-6H3,(H,21,24). The third-order valence-corrected chi connectivity index (χ3v) is 4.03. The van der Waals surface area contributed by atoms with Crippen LogP contribution in [0.4, 0.5) is 0 Å². The Kier molecular flexibility index (Phi) is 5.81. The van der Waals surface area contributed by atoms with Crippen LogP contribution < -0.4 is 5.32 Å². The van der Waals surface area contributed by atoms with Crippen LogP contribution in [-0.4, -0.2) is 22.2 Å². The Labute approximate surface area is 145 Å². The molecule has 0 radical (unpaired) electrons. The minimum Gasteiger partial charge on any atom is -0.352 e. The Morgan fingerprint density at radius 2 is 1.79 bits per heavy atom. The van der Waals surface area contributed by atoms with Gasteiger partial charge >= 0.3 is 0 Å². The van der Waals surface area contributed by atoms with Gasteiger partial charge in [-0.15, -0.1) is 0 Å². The summed E-state index contributed by atoms with van der Waals surface area (Å²) in [6, 6.07) is 8.13. The van der Waals surface area contributed by atoms with E-state index < -0.39 is 0 Å². The van der Waals surface area contributed by atoms with E-state index in [9.17, 15) is 4.79 Å². The van der Waals surface area contributed by atoms with Gasteiger partial charge in [0.1, 0.15) is 0 Å². The number of aryl methyl sites for hydroxylation is 1. The molecule has 2 aromatic rings. The molecule has 0 spiro atoms. The predicted molar refractivity (Wildman–Crippen MR) is 98.8 cm³/mol. The van der Waals surface area contributed by atoms with Crippen molar-refractivity contribution in [1.82, 2.24) is 15.1 Å². The van der Waals surface area contributed by atoms with Crippen LogP contribution >= 0.6 is 0 Å². The molecule has 24 heavy (non-hydrogen) atoms. The molecular weight excluding hydrogens is 298 g/mol. The summed E-state index contributed by atoms with van der Waals surface area (Å²) in [6.07, 6.45) is 0.796. The molecule has 0 atom stereocenters. The fourth-order valence-corrected chi connectivity index (χ4v) is 2.81. The second kappa shape index (κ2) is 7.65. The number of rotatable bonds is 6. The van der Waals surface area contributed by atoms with Gasteiger partial charge in [0.25, 0.3) is 5.91 Å². The van der Waals surface area contributed by atoms with Crippen molar-refractivity contribution in [3.8, 4) is 5.69 Å². The highest BCUT2D eigenvalue weighted by atomic mass is 16.1. The van der Waals surface area contributed by atoms with Crippen LogP contribution in [0.3, 0.4) is 0 Å². The molecule has 1 aromatic carbocycles. The lowest BCUT2D eigenvalue weighted by molar-refractivity contribution is 0.0947. The summed E-state index contributed by atoms with van der Waals surface area (Å²) in [5.41, 5.74) is 4.69. The SMILES string of the molecule is Cc1ccccc1-n1nc(CC(C)C)c(C(=O)NCC(C)C)c1C. The van der Waals surface area contributed by atoms with E-state index in [1.54, 1.807) is 0 Å². The fraction of sp³-hybridized carbons (Fsp3) is 0.500. The number of amides is 1. The van der Waals surface area contributed by atoms with Gasteiger partial charge in [-0.05, 0) is 43.7 Å². The first kappa shape index (κ1) is 18.2. The van der Waals surface area contributed by atoms with E-state index in [0.717, 1.165) is 34.6 Å². The maximum absolute atomic E-state index is 12.7. The number of nitrogens with one attached hydrogen (secondary N) is 1. The Morgan fingerprint density at radius 3 is 2.38 bits per heavy atom. The second-order valence-corrected chi connectivity index (χ2v) is 7.31. The molecule has 0 aliphatic carbocycles. The molecule has 0 bridgehead atoms. The molecule has 4 nitrogen and oxygen atoms in total. The van der Waals surface area contributed by atoms with Crippen molar-refractivity contribution in [3.63, 3.8) is 0 Å². The van der Waals surface area contributed by atoms with Crippen LogP contribution in [0.25, 0.3) is 5.69 Å². The monoisotopic (exact) mass is 327 g/mol. The predicted octanol–water partition coefficient (Wildman–Crippen LogP) is 4.07. The highest BCUT2D eigenvalue weighted by Crippen LogP contribution is 2.22. The highest BCUT2D eigenvalue weighted by Gasteiger charge is 2.22. The molecule has 0 saturated carbocycles. The third-order valence-electron chi connectivity index (χ3n) is 4.03. The van der Waals surface area contributed by atoms with Crippen LogP contribution in [0, 0.1) is 25.7 Å². The number of carbonyl (C=O) groups is 1. The van der Waals surface area contributed by atoms with Crippen molar-refractivity contribution in [2.75, 3.05) is 6.54 Å². The summed E-state index contributed by atoms with van der Waals surface area (Å²) < 4.78 is 1.91. The maximum atomic E-state index is 12.7. The minimum absolute atomic E-state index is 0.0170. The number of hydrogen-bond acceptors (Lipinski definition) is 2. The summed E-state index contributed by atoms with van der Waals surface area (Å²) in [5, 5.41) is 7.82. The largest absolute Gasteiger partial charge is 0.352 e. The molecule has 4 heteroatoms. The smallest absolute Gasteiger partial charge is 0.255 e. The van der Waals surface area contributed by atoms with E-state index in [4.69, 9.17) is 5.10 Å². The maximum Gasteiger partial charge on any atom is 0.255 e. The lowest BCUT2D eigenvalue weighted by Crippen LogP contribution is -2.28. The van der Waals surface area contributed by atoms with Gasteiger partial charge in [-0.3, -0.25) is 4.79 Å². The molecular formula is C20H29N3O. The van der Waals surface area contributed by atoms with E-state index in [1.165, 1.54) is 0 Å². The lowest BCUT2D eigenvalue weighted by atomic mass is 10.0. The number of aromatic nitrogens is 2. The number of benzene rings is 1. The fourth-order valence-electron chi connectivity index (χ4n) is 2.81. The van der Waals surface area contributed by atoms with E-state index in [1.807, 2.05) is 29.8 Å². The average molecular weight is 327 g/mol. The summed E-state index contributed by atoms with van der Waals surface area (Å²) in [7, 11) is 0. The number of carbonyl (C=O) groups excluding carboxylic acids is 1. The zero-order chi connectivity index (χ0) is 17.9. The molecule has 1 heterocycles. The Bertz CT molecular complexity index is 714. The van der Waals surface area contributed by atoms with E-state index in [2.05, 4.69) is 46.0 Å². The van der Waals surface area contributed by atoms with Crippen LogP contribution in [0.1, 0.15) is 55.0 Å². The van der Waals surface area contributed by atoms with Crippen molar-refractivity contribution in [1.29, 1.82) is 0 Å². The normalized spacial score (nSPS) is 11.3. The minimum atomic E-state index is -0.0170. The van der Waals surface area contributed by atoms with Gasteiger partial charge in [-0.2, -0.15) is 5.10 Å². The number of hydrogen-bond donors (Lipinski definition) is 1. The molecule has 0 aliphatic heterocycles. The zero-order valence-corrected chi connectivity index (χ0v) is 15.7.